The van der Waals surface area contributed by atoms with Crippen molar-refractivity contribution >= 4 is 21.6 Å². The Bertz CT molecular complexity index is 990. The van der Waals surface area contributed by atoms with Gasteiger partial charge in [0.25, 0.3) is 0 Å². The van der Waals surface area contributed by atoms with Crippen molar-refractivity contribution in [1.82, 2.24) is 9.46 Å². The Balaban J connectivity index is 1.64. The number of aryl methyl sites for hydroxylation is 2. The summed E-state index contributed by atoms with van der Waals surface area (Å²) >= 11 is 0. The molecule has 1 N–H and O–H groups in total. The van der Waals surface area contributed by atoms with E-state index in [1.54, 1.807) is 6.92 Å². The second-order valence-corrected chi connectivity index (χ2v) is 8.77. The van der Waals surface area contributed by atoms with Crippen molar-refractivity contribution in [2.75, 3.05) is 18.4 Å². The molecule has 1 aromatic carbocycles. The van der Waals surface area contributed by atoms with E-state index < -0.39 is 33.6 Å². The van der Waals surface area contributed by atoms with E-state index in [0.29, 0.717) is 0 Å². The number of sulfonamides is 1. The Morgan fingerprint density at radius 3 is 2.45 bits per heavy atom. The van der Waals surface area contributed by atoms with Crippen LogP contribution in [0.5, 0.6) is 0 Å². The number of amides is 1. The largest absolute Gasteiger partial charge is 0.416 e. The van der Waals surface area contributed by atoms with Crippen molar-refractivity contribution < 1.29 is 30.9 Å². The maximum absolute atomic E-state index is 12.8. The smallest absolute Gasteiger partial charge is 0.360 e. The molecule has 11 heteroatoms. The second kappa shape index (κ2) is 7.79. The van der Waals surface area contributed by atoms with E-state index in [2.05, 4.69) is 10.5 Å². The zero-order valence-electron chi connectivity index (χ0n) is 15.8. The summed E-state index contributed by atoms with van der Waals surface area (Å²) in [7, 11) is -3.79. The number of rotatable bonds is 4. The van der Waals surface area contributed by atoms with Crippen molar-refractivity contribution in [3.63, 3.8) is 0 Å². The molecule has 1 fully saturated rings. The quantitative estimate of drug-likeness (QED) is 0.802. The average molecular weight is 431 g/mol. The minimum Gasteiger partial charge on any atom is -0.360 e. The van der Waals surface area contributed by atoms with Gasteiger partial charge in [-0.3, -0.25) is 4.79 Å². The minimum atomic E-state index is -4.50. The molecular weight excluding hydrogens is 411 g/mol. The maximum Gasteiger partial charge on any atom is 0.416 e. The molecule has 0 saturated carbocycles. The molecule has 0 atom stereocenters. The number of alkyl halides is 3. The molecule has 1 aliphatic rings. The van der Waals surface area contributed by atoms with Gasteiger partial charge in [0.2, 0.25) is 15.9 Å². The number of carbonyl (C=O) groups excluding carboxylic acids is 1. The number of benzene rings is 1. The lowest BCUT2D eigenvalue weighted by Gasteiger charge is -2.30. The van der Waals surface area contributed by atoms with Gasteiger partial charge in [0.05, 0.1) is 5.56 Å². The van der Waals surface area contributed by atoms with Gasteiger partial charge < -0.3 is 9.84 Å². The van der Waals surface area contributed by atoms with Crippen LogP contribution < -0.4 is 5.32 Å². The normalized spacial score (nSPS) is 16.7. The van der Waals surface area contributed by atoms with Gasteiger partial charge in [-0.2, -0.15) is 17.5 Å². The van der Waals surface area contributed by atoms with Crippen LogP contribution in [-0.2, 0) is 21.0 Å². The number of carbonyl (C=O) groups is 1. The molecule has 0 bridgehead atoms. The first kappa shape index (κ1) is 21.3. The fourth-order valence-corrected chi connectivity index (χ4v) is 5.11. The SMILES string of the molecule is Cc1noc(C)c1S(=O)(=O)N1CCC(C(=O)Nc2cccc(C(F)(F)F)c2)CC1. The number of anilines is 1. The summed E-state index contributed by atoms with van der Waals surface area (Å²) in [5.74, 6) is -0.730. The van der Waals surface area contributed by atoms with E-state index in [9.17, 15) is 26.4 Å². The lowest BCUT2D eigenvalue weighted by molar-refractivity contribution is -0.137. The van der Waals surface area contributed by atoms with Crippen molar-refractivity contribution in [2.45, 2.75) is 37.8 Å². The highest BCUT2D eigenvalue weighted by molar-refractivity contribution is 7.89. The number of aromatic nitrogens is 1. The van der Waals surface area contributed by atoms with Crippen LogP contribution >= 0.6 is 0 Å². The summed E-state index contributed by atoms with van der Waals surface area (Å²) in [6.45, 7) is 3.29. The lowest BCUT2D eigenvalue weighted by Crippen LogP contribution is -2.41. The van der Waals surface area contributed by atoms with E-state index in [4.69, 9.17) is 4.52 Å². The molecule has 1 saturated heterocycles. The van der Waals surface area contributed by atoms with Crippen LogP contribution in [0.2, 0.25) is 0 Å². The van der Waals surface area contributed by atoms with Crippen LogP contribution in [0.25, 0.3) is 0 Å². The van der Waals surface area contributed by atoms with Gasteiger partial charge in [-0.05, 0) is 44.9 Å². The topological polar surface area (TPSA) is 92.5 Å². The third kappa shape index (κ3) is 4.45. The van der Waals surface area contributed by atoms with Crippen LogP contribution in [0.3, 0.4) is 0 Å². The van der Waals surface area contributed by atoms with Gasteiger partial charge in [-0.1, -0.05) is 11.2 Å². The van der Waals surface area contributed by atoms with Crippen LogP contribution in [0.4, 0.5) is 18.9 Å². The van der Waals surface area contributed by atoms with Crippen LogP contribution in [0, 0.1) is 19.8 Å². The van der Waals surface area contributed by atoms with E-state index >= 15 is 0 Å². The third-order valence-corrected chi connectivity index (χ3v) is 6.99. The molecule has 1 aliphatic heterocycles. The molecule has 29 heavy (non-hydrogen) atoms. The predicted octanol–water partition coefficient (Wildman–Crippen LogP) is 3.35. The second-order valence-electron chi connectivity index (χ2n) is 6.90. The Kier molecular flexibility index (Phi) is 5.72. The summed E-state index contributed by atoms with van der Waals surface area (Å²) in [5, 5.41) is 6.16. The molecule has 7 nitrogen and oxygen atoms in total. The van der Waals surface area contributed by atoms with Crippen molar-refractivity contribution in [1.29, 1.82) is 0 Å². The monoisotopic (exact) mass is 431 g/mol. The fraction of sp³-hybridized carbons (Fsp3) is 0.444. The molecule has 2 aromatic rings. The highest BCUT2D eigenvalue weighted by Gasteiger charge is 2.36. The number of piperidine rings is 1. The van der Waals surface area contributed by atoms with Gasteiger partial charge in [0.15, 0.2) is 5.76 Å². The van der Waals surface area contributed by atoms with Gasteiger partial charge in [0.1, 0.15) is 10.6 Å². The molecule has 158 valence electrons. The van der Waals surface area contributed by atoms with E-state index in [1.807, 2.05) is 0 Å². The van der Waals surface area contributed by atoms with Crippen LogP contribution in [0.15, 0.2) is 33.7 Å². The third-order valence-electron chi connectivity index (χ3n) is 4.85. The molecular formula is C18H20F3N3O4S. The van der Waals surface area contributed by atoms with Gasteiger partial charge >= 0.3 is 6.18 Å². The summed E-state index contributed by atoms with van der Waals surface area (Å²) in [4.78, 5) is 12.5. The number of hydrogen-bond acceptors (Lipinski definition) is 5. The lowest BCUT2D eigenvalue weighted by atomic mass is 9.97. The summed E-state index contributed by atoms with van der Waals surface area (Å²) < 4.78 is 70.2. The zero-order valence-corrected chi connectivity index (χ0v) is 16.6. The van der Waals surface area contributed by atoms with Crippen molar-refractivity contribution in [3.8, 4) is 0 Å². The molecule has 1 amide bonds. The standard InChI is InChI=1S/C18H20F3N3O4S/c1-11-16(12(2)28-23-11)29(26,27)24-8-6-13(7-9-24)17(25)22-15-5-3-4-14(10-15)18(19,20)21/h3-5,10,13H,6-9H2,1-2H3,(H,22,25). The zero-order chi connectivity index (χ0) is 21.4. The first-order valence-corrected chi connectivity index (χ1v) is 10.4. The number of nitrogens with one attached hydrogen (secondary N) is 1. The van der Waals surface area contributed by atoms with Gasteiger partial charge in [-0.15, -0.1) is 0 Å². The Labute approximate surface area is 165 Å². The molecule has 3 rings (SSSR count). The first-order valence-electron chi connectivity index (χ1n) is 8.91. The fourth-order valence-electron chi connectivity index (χ4n) is 3.35. The molecule has 1 aromatic heterocycles. The summed E-state index contributed by atoms with van der Waals surface area (Å²) in [5.41, 5.74) is -0.529. The van der Waals surface area contributed by atoms with Crippen molar-refractivity contribution in [2.24, 2.45) is 5.92 Å². The summed E-state index contributed by atoms with van der Waals surface area (Å²) in [6, 6.07) is 4.39. The van der Waals surface area contributed by atoms with E-state index in [-0.39, 0.29) is 48.0 Å². The molecule has 2 heterocycles. The number of halogens is 3. The summed E-state index contributed by atoms with van der Waals surface area (Å²) in [6.07, 6.45) is -3.99. The van der Waals surface area contributed by atoms with Gasteiger partial charge in [0, 0.05) is 24.7 Å². The number of nitrogens with zero attached hydrogens (tertiary/aromatic N) is 2. The van der Waals surface area contributed by atoms with E-state index in [0.717, 1.165) is 12.1 Å². The predicted molar refractivity (Wildman–Crippen MR) is 97.5 cm³/mol. The first-order chi connectivity index (χ1) is 13.5. The highest BCUT2D eigenvalue weighted by atomic mass is 32.2. The van der Waals surface area contributed by atoms with Crippen LogP contribution in [-0.4, -0.2) is 36.9 Å². The number of hydrogen-bond donors (Lipinski definition) is 1. The average Bonchev–Trinajstić information content (AvgIpc) is 3.00. The van der Waals surface area contributed by atoms with Crippen molar-refractivity contribution in [3.05, 3.63) is 41.3 Å². The van der Waals surface area contributed by atoms with Crippen LogP contribution in [0.1, 0.15) is 29.9 Å². The molecule has 0 unspecified atom stereocenters. The molecule has 0 aliphatic carbocycles. The maximum atomic E-state index is 12.8. The highest BCUT2D eigenvalue weighted by Crippen LogP contribution is 2.31. The van der Waals surface area contributed by atoms with E-state index in [1.165, 1.54) is 23.4 Å². The molecule has 0 radical (unpaired) electrons. The Morgan fingerprint density at radius 2 is 1.90 bits per heavy atom. The Hall–Kier alpha value is -2.40. The minimum absolute atomic E-state index is 0.0318. The van der Waals surface area contributed by atoms with Gasteiger partial charge in [-0.25, -0.2) is 8.42 Å². The molecule has 0 spiro atoms. The Morgan fingerprint density at radius 1 is 1.24 bits per heavy atom.